The third-order valence-corrected chi connectivity index (χ3v) is 3.75. The number of carboxylic acid groups (broad SMARTS) is 1. The first-order valence-corrected chi connectivity index (χ1v) is 6.83. The molecule has 0 saturated carbocycles. The average Bonchev–Trinajstić information content (AvgIpc) is 2.78. The van der Waals surface area contributed by atoms with Crippen molar-refractivity contribution in [2.24, 2.45) is 0 Å². The molecular formula is C15H21N3O2. The predicted octanol–water partition coefficient (Wildman–Crippen LogP) is 2.69. The number of fused-ring (bicyclic) bond motifs is 1. The summed E-state index contributed by atoms with van der Waals surface area (Å²) in [4.78, 5) is 18.2. The maximum absolute atomic E-state index is 11.6. The topological polar surface area (TPSA) is 58.4 Å². The monoisotopic (exact) mass is 275 g/mol. The number of carboxylic acids is 1. The lowest BCUT2D eigenvalue weighted by Gasteiger charge is -2.23. The summed E-state index contributed by atoms with van der Waals surface area (Å²) in [5.74, 6) is -0.0201. The first-order valence-electron chi connectivity index (χ1n) is 6.83. The van der Waals surface area contributed by atoms with Crippen LogP contribution in [-0.4, -0.2) is 39.6 Å². The Bertz CT molecular complexity index is 619. The number of benzene rings is 1. The van der Waals surface area contributed by atoms with Crippen LogP contribution < -0.4 is 0 Å². The van der Waals surface area contributed by atoms with Crippen LogP contribution in [0.4, 0.5) is 0 Å². The summed E-state index contributed by atoms with van der Waals surface area (Å²) in [6.45, 7) is 3.92. The first kappa shape index (κ1) is 14.5. The highest BCUT2D eigenvalue weighted by molar-refractivity contribution is 5.80. The van der Waals surface area contributed by atoms with Gasteiger partial charge in [0.15, 0.2) is 0 Å². The Morgan fingerprint density at radius 3 is 2.60 bits per heavy atom. The van der Waals surface area contributed by atoms with Crippen LogP contribution in [0, 0.1) is 0 Å². The van der Waals surface area contributed by atoms with Crippen molar-refractivity contribution in [2.45, 2.75) is 32.4 Å². The number of aliphatic carboxylic acids is 1. The van der Waals surface area contributed by atoms with Crippen molar-refractivity contribution < 1.29 is 9.90 Å². The zero-order valence-electron chi connectivity index (χ0n) is 12.4. The minimum absolute atomic E-state index is 0.0517. The van der Waals surface area contributed by atoms with E-state index in [0.717, 1.165) is 16.9 Å². The van der Waals surface area contributed by atoms with E-state index in [1.54, 1.807) is 0 Å². The van der Waals surface area contributed by atoms with Gasteiger partial charge in [-0.05, 0) is 39.6 Å². The van der Waals surface area contributed by atoms with Crippen molar-refractivity contribution >= 4 is 17.0 Å². The van der Waals surface area contributed by atoms with E-state index in [2.05, 4.69) is 4.98 Å². The fraction of sp³-hybridized carbons (Fsp3) is 0.467. The molecule has 20 heavy (non-hydrogen) atoms. The van der Waals surface area contributed by atoms with E-state index in [1.807, 2.05) is 61.7 Å². The van der Waals surface area contributed by atoms with Gasteiger partial charge in [0.1, 0.15) is 11.9 Å². The van der Waals surface area contributed by atoms with E-state index in [4.69, 9.17) is 0 Å². The summed E-state index contributed by atoms with van der Waals surface area (Å²) in [5, 5.41) is 9.49. The fourth-order valence-corrected chi connectivity index (χ4v) is 2.38. The van der Waals surface area contributed by atoms with Gasteiger partial charge in [0.2, 0.25) is 0 Å². The van der Waals surface area contributed by atoms with Gasteiger partial charge in [-0.2, -0.15) is 0 Å². The molecule has 2 aromatic rings. The fourth-order valence-electron chi connectivity index (χ4n) is 2.38. The highest BCUT2D eigenvalue weighted by Crippen LogP contribution is 2.28. The van der Waals surface area contributed by atoms with Gasteiger partial charge in [0.05, 0.1) is 17.1 Å². The highest BCUT2D eigenvalue weighted by Gasteiger charge is 2.26. The van der Waals surface area contributed by atoms with Crippen LogP contribution in [0.2, 0.25) is 0 Å². The lowest BCUT2D eigenvalue weighted by molar-refractivity contribution is -0.141. The van der Waals surface area contributed by atoms with Crippen LogP contribution in [0.5, 0.6) is 0 Å². The summed E-state index contributed by atoms with van der Waals surface area (Å²) < 4.78 is 1.86. The first-order chi connectivity index (χ1) is 9.47. The van der Waals surface area contributed by atoms with Gasteiger partial charge in [0.25, 0.3) is 0 Å². The standard InChI is InChI=1S/C15H21N3O2/c1-5-12(15(19)20)18-13-9-7-6-8-11(13)16-14(18)10(2)17(3)4/h6-10,12H,5H2,1-4H3,(H,19,20). The minimum Gasteiger partial charge on any atom is -0.480 e. The molecule has 0 aliphatic carbocycles. The number of nitrogens with zero attached hydrogens (tertiary/aromatic N) is 3. The second-order valence-electron chi connectivity index (χ2n) is 5.23. The third kappa shape index (κ3) is 2.41. The van der Waals surface area contributed by atoms with Crippen molar-refractivity contribution in [2.75, 3.05) is 14.1 Å². The molecule has 108 valence electrons. The Balaban J connectivity index is 2.70. The molecule has 2 atom stereocenters. The quantitative estimate of drug-likeness (QED) is 0.911. The molecule has 0 bridgehead atoms. The summed E-state index contributed by atoms with van der Waals surface area (Å²) in [7, 11) is 3.94. The van der Waals surface area contributed by atoms with Crippen molar-refractivity contribution in [1.29, 1.82) is 0 Å². The third-order valence-electron chi connectivity index (χ3n) is 3.75. The second-order valence-corrected chi connectivity index (χ2v) is 5.23. The van der Waals surface area contributed by atoms with Gasteiger partial charge in [-0.25, -0.2) is 9.78 Å². The molecule has 1 aromatic heterocycles. The van der Waals surface area contributed by atoms with E-state index >= 15 is 0 Å². The molecule has 0 saturated heterocycles. The van der Waals surface area contributed by atoms with Crippen LogP contribution >= 0.6 is 0 Å². The number of imidazole rings is 1. The Morgan fingerprint density at radius 2 is 2.05 bits per heavy atom. The number of aromatic nitrogens is 2. The van der Waals surface area contributed by atoms with Crippen molar-refractivity contribution in [1.82, 2.24) is 14.5 Å². The van der Waals surface area contributed by atoms with E-state index in [9.17, 15) is 9.90 Å². The van der Waals surface area contributed by atoms with Gasteiger partial charge in [0, 0.05) is 0 Å². The molecule has 5 heteroatoms. The van der Waals surface area contributed by atoms with Gasteiger partial charge in [-0.1, -0.05) is 19.1 Å². The molecule has 1 aromatic carbocycles. The molecule has 1 heterocycles. The molecule has 1 N–H and O–H groups in total. The lowest BCUT2D eigenvalue weighted by Crippen LogP contribution is -2.26. The summed E-state index contributed by atoms with van der Waals surface area (Å²) in [5.41, 5.74) is 1.72. The van der Waals surface area contributed by atoms with Crippen LogP contribution in [0.3, 0.4) is 0 Å². The van der Waals surface area contributed by atoms with Crippen LogP contribution in [0.1, 0.15) is 38.2 Å². The normalized spacial score (nSPS) is 14.7. The number of rotatable bonds is 5. The molecule has 0 aliphatic heterocycles. The molecule has 0 fully saturated rings. The van der Waals surface area contributed by atoms with E-state index < -0.39 is 12.0 Å². The van der Waals surface area contributed by atoms with Crippen LogP contribution in [-0.2, 0) is 4.79 Å². The van der Waals surface area contributed by atoms with Gasteiger partial charge in [-0.3, -0.25) is 4.90 Å². The van der Waals surface area contributed by atoms with Crippen molar-refractivity contribution in [3.8, 4) is 0 Å². The predicted molar refractivity (Wildman–Crippen MR) is 78.8 cm³/mol. The smallest absolute Gasteiger partial charge is 0.326 e. The zero-order chi connectivity index (χ0) is 14.9. The molecule has 5 nitrogen and oxygen atoms in total. The molecule has 0 spiro atoms. The Labute approximate surface area is 118 Å². The molecule has 0 aliphatic rings. The van der Waals surface area contributed by atoms with E-state index in [1.165, 1.54) is 0 Å². The maximum atomic E-state index is 11.6. The van der Waals surface area contributed by atoms with Crippen molar-refractivity contribution in [3.05, 3.63) is 30.1 Å². The Hall–Kier alpha value is -1.88. The maximum Gasteiger partial charge on any atom is 0.326 e. The summed E-state index contributed by atoms with van der Waals surface area (Å²) >= 11 is 0. The Morgan fingerprint density at radius 1 is 1.40 bits per heavy atom. The molecule has 0 amide bonds. The van der Waals surface area contributed by atoms with Crippen molar-refractivity contribution in [3.63, 3.8) is 0 Å². The minimum atomic E-state index is -0.817. The van der Waals surface area contributed by atoms with Gasteiger partial charge < -0.3 is 9.67 Å². The van der Waals surface area contributed by atoms with Crippen LogP contribution in [0.15, 0.2) is 24.3 Å². The number of para-hydroxylation sites is 2. The van der Waals surface area contributed by atoms with Gasteiger partial charge in [-0.15, -0.1) is 0 Å². The summed E-state index contributed by atoms with van der Waals surface area (Å²) in [6.07, 6.45) is 0.531. The lowest BCUT2D eigenvalue weighted by atomic mass is 10.2. The molecule has 2 unspecified atom stereocenters. The SMILES string of the molecule is CCC(C(=O)O)n1c(C(C)N(C)C)nc2ccccc21. The van der Waals surface area contributed by atoms with E-state index in [-0.39, 0.29) is 6.04 Å². The van der Waals surface area contributed by atoms with Crippen LogP contribution in [0.25, 0.3) is 11.0 Å². The Kier molecular flexibility index (Phi) is 4.09. The molecule has 0 radical (unpaired) electrons. The number of hydrogen-bond donors (Lipinski definition) is 1. The zero-order valence-corrected chi connectivity index (χ0v) is 12.4. The van der Waals surface area contributed by atoms with Gasteiger partial charge >= 0.3 is 5.97 Å². The largest absolute Gasteiger partial charge is 0.480 e. The summed E-state index contributed by atoms with van der Waals surface area (Å²) in [6, 6.07) is 7.16. The molecular weight excluding hydrogens is 254 g/mol. The highest BCUT2D eigenvalue weighted by atomic mass is 16.4. The average molecular weight is 275 g/mol. The number of carbonyl (C=O) groups is 1. The van der Waals surface area contributed by atoms with E-state index in [0.29, 0.717) is 6.42 Å². The molecule has 2 rings (SSSR count). The second kappa shape index (κ2) is 5.63. The number of hydrogen-bond acceptors (Lipinski definition) is 3.